The van der Waals surface area contributed by atoms with Crippen molar-refractivity contribution in [2.24, 2.45) is 5.73 Å². The Balaban J connectivity index is 2.25. The summed E-state index contributed by atoms with van der Waals surface area (Å²) in [5.74, 6) is -0.593. The van der Waals surface area contributed by atoms with Gasteiger partial charge >= 0.3 is 0 Å². The molecule has 2 unspecified atom stereocenters. The van der Waals surface area contributed by atoms with E-state index in [0.29, 0.717) is 5.13 Å². The monoisotopic (exact) mass is 254 g/mol. The molecule has 1 saturated heterocycles. The van der Waals surface area contributed by atoms with Crippen LogP contribution in [0.4, 0.5) is 5.13 Å². The van der Waals surface area contributed by atoms with Gasteiger partial charge in [0.25, 0.3) is 0 Å². The number of rotatable bonds is 2. The Morgan fingerprint density at radius 1 is 1.65 bits per heavy atom. The fourth-order valence-electron chi connectivity index (χ4n) is 1.57. The van der Waals surface area contributed by atoms with Gasteiger partial charge in [-0.2, -0.15) is 0 Å². The Hall–Kier alpha value is -1.47. The fraction of sp³-hybridized carbons (Fsp3) is 0.500. The molecule has 6 nitrogen and oxygen atoms in total. The maximum Gasteiger partial charge on any atom is 0.249 e. The highest BCUT2D eigenvalue weighted by Gasteiger charge is 2.32. The number of hydrogen-bond acceptors (Lipinski definition) is 6. The zero-order valence-electron chi connectivity index (χ0n) is 9.64. The van der Waals surface area contributed by atoms with Gasteiger partial charge in [0.05, 0.1) is 5.69 Å². The van der Waals surface area contributed by atoms with Crippen molar-refractivity contribution >= 4 is 28.3 Å². The molecule has 92 valence electrons. The first-order valence-electron chi connectivity index (χ1n) is 5.30. The molecule has 1 aromatic rings. The molecule has 1 fully saturated rings. The number of nitrogens with zero attached hydrogens (tertiary/aromatic N) is 2. The van der Waals surface area contributed by atoms with Crippen LogP contribution in [-0.2, 0) is 9.59 Å². The highest BCUT2D eigenvalue weighted by atomic mass is 32.1. The van der Waals surface area contributed by atoms with E-state index in [1.54, 1.807) is 11.8 Å². The topological polar surface area (TPSA) is 88.3 Å². The van der Waals surface area contributed by atoms with Gasteiger partial charge in [-0.1, -0.05) is 0 Å². The standard InChI is InChI=1S/C10H14N4O2S/c1-5(11)7-4-17-10(12-7)14-3-8(15)13-9(16)6(14)2/h4-6H,3,11H2,1-2H3,(H,13,15,16). The molecule has 2 atom stereocenters. The number of nitrogens with two attached hydrogens (primary N) is 1. The van der Waals surface area contributed by atoms with Gasteiger partial charge in [-0.3, -0.25) is 14.9 Å². The Morgan fingerprint density at radius 3 is 2.94 bits per heavy atom. The van der Waals surface area contributed by atoms with Gasteiger partial charge in [-0.25, -0.2) is 4.98 Å². The molecule has 1 aromatic heterocycles. The predicted molar refractivity (Wildman–Crippen MR) is 64.7 cm³/mol. The van der Waals surface area contributed by atoms with Crippen molar-refractivity contribution in [1.82, 2.24) is 10.3 Å². The zero-order chi connectivity index (χ0) is 12.6. The van der Waals surface area contributed by atoms with E-state index in [0.717, 1.165) is 5.69 Å². The molecule has 0 radical (unpaired) electrons. The second-order valence-electron chi connectivity index (χ2n) is 4.06. The van der Waals surface area contributed by atoms with E-state index in [1.807, 2.05) is 12.3 Å². The summed E-state index contributed by atoms with van der Waals surface area (Å²) < 4.78 is 0. The van der Waals surface area contributed by atoms with E-state index in [-0.39, 0.29) is 30.4 Å². The number of hydrogen-bond donors (Lipinski definition) is 2. The molecule has 2 heterocycles. The maximum atomic E-state index is 11.5. The molecular formula is C10H14N4O2S. The van der Waals surface area contributed by atoms with Crippen LogP contribution in [0.15, 0.2) is 5.38 Å². The normalized spacial score (nSPS) is 22.5. The Kier molecular flexibility index (Phi) is 3.12. The lowest BCUT2D eigenvalue weighted by Gasteiger charge is -2.31. The van der Waals surface area contributed by atoms with Crippen LogP contribution in [0.2, 0.25) is 0 Å². The number of nitrogens with one attached hydrogen (secondary N) is 1. The largest absolute Gasteiger partial charge is 0.327 e. The van der Waals surface area contributed by atoms with Crippen LogP contribution in [0.25, 0.3) is 0 Å². The quantitative estimate of drug-likeness (QED) is 0.726. The Bertz CT molecular complexity index is 457. The van der Waals surface area contributed by atoms with Crippen molar-refractivity contribution in [2.45, 2.75) is 25.9 Å². The minimum atomic E-state index is -0.389. The summed E-state index contributed by atoms with van der Waals surface area (Å²) in [6.45, 7) is 3.74. The lowest BCUT2D eigenvalue weighted by Crippen LogP contribution is -2.57. The van der Waals surface area contributed by atoms with Gasteiger partial charge in [-0.05, 0) is 13.8 Å². The summed E-state index contributed by atoms with van der Waals surface area (Å²) >= 11 is 1.39. The highest BCUT2D eigenvalue weighted by molar-refractivity contribution is 7.13. The third-order valence-corrected chi connectivity index (χ3v) is 3.54. The molecule has 0 aliphatic carbocycles. The summed E-state index contributed by atoms with van der Waals surface area (Å²) in [7, 11) is 0. The first-order chi connectivity index (χ1) is 7.99. The number of aromatic nitrogens is 1. The molecular weight excluding hydrogens is 240 g/mol. The van der Waals surface area contributed by atoms with E-state index < -0.39 is 0 Å². The number of imide groups is 1. The van der Waals surface area contributed by atoms with Crippen LogP contribution in [0.5, 0.6) is 0 Å². The van der Waals surface area contributed by atoms with Gasteiger partial charge in [0.2, 0.25) is 11.8 Å². The molecule has 0 aromatic carbocycles. The summed E-state index contributed by atoms with van der Waals surface area (Å²) in [6, 6.07) is -0.538. The molecule has 1 aliphatic heterocycles. The smallest absolute Gasteiger partial charge is 0.249 e. The van der Waals surface area contributed by atoms with Crippen LogP contribution in [0.1, 0.15) is 25.6 Å². The third-order valence-electron chi connectivity index (χ3n) is 2.65. The van der Waals surface area contributed by atoms with Crippen molar-refractivity contribution in [2.75, 3.05) is 11.4 Å². The molecule has 1 aliphatic rings. The van der Waals surface area contributed by atoms with Crippen LogP contribution >= 0.6 is 11.3 Å². The summed E-state index contributed by atoms with van der Waals surface area (Å²) in [4.78, 5) is 28.9. The predicted octanol–water partition coefficient (Wildman–Crippen LogP) is 0.0141. The molecule has 0 spiro atoms. The Morgan fingerprint density at radius 2 is 2.35 bits per heavy atom. The molecule has 2 rings (SSSR count). The van der Waals surface area contributed by atoms with Gasteiger partial charge < -0.3 is 10.6 Å². The van der Waals surface area contributed by atoms with Crippen LogP contribution in [0.3, 0.4) is 0 Å². The first kappa shape index (κ1) is 12.0. The SMILES string of the molecule is CC(N)c1csc(N2CC(=O)NC(=O)C2C)n1. The van der Waals surface area contributed by atoms with Gasteiger partial charge in [-0.15, -0.1) is 11.3 Å². The minimum absolute atomic E-state index is 0.148. The van der Waals surface area contributed by atoms with Gasteiger partial charge in [0.1, 0.15) is 12.6 Å². The van der Waals surface area contributed by atoms with Gasteiger partial charge in [0, 0.05) is 11.4 Å². The van der Waals surface area contributed by atoms with Crippen LogP contribution in [-0.4, -0.2) is 29.4 Å². The van der Waals surface area contributed by atoms with Crippen molar-refractivity contribution in [3.63, 3.8) is 0 Å². The summed E-state index contributed by atoms with van der Waals surface area (Å²) in [5.41, 5.74) is 6.50. The van der Waals surface area contributed by atoms with E-state index >= 15 is 0 Å². The molecule has 2 amide bonds. The van der Waals surface area contributed by atoms with Crippen molar-refractivity contribution in [1.29, 1.82) is 0 Å². The van der Waals surface area contributed by atoms with Gasteiger partial charge in [0.15, 0.2) is 5.13 Å². The lowest BCUT2D eigenvalue weighted by molar-refractivity contribution is -0.132. The summed E-state index contributed by atoms with van der Waals surface area (Å²) in [5, 5.41) is 4.80. The Labute approximate surface area is 103 Å². The zero-order valence-corrected chi connectivity index (χ0v) is 10.5. The first-order valence-corrected chi connectivity index (χ1v) is 6.18. The average molecular weight is 254 g/mol. The van der Waals surface area contributed by atoms with Crippen molar-refractivity contribution < 1.29 is 9.59 Å². The fourth-order valence-corrected chi connectivity index (χ4v) is 2.57. The third kappa shape index (κ3) is 2.29. The van der Waals surface area contributed by atoms with Crippen molar-refractivity contribution in [3.05, 3.63) is 11.1 Å². The van der Waals surface area contributed by atoms with Crippen LogP contribution in [0, 0.1) is 0 Å². The number of anilines is 1. The lowest BCUT2D eigenvalue weighted by atomic mass is 10.2. The van der Waals surface area contributed by atoms with E-state index in [2.05, 4.69) is 10.3 Å². The van der Waals surface area contributed by atoms with E-state index in [9.17, 15) is 9.59 Å². The second kappa shape index (κ2) is 4.42. The molecule has 17 heavy (non-hydrogen) atoms. The van der Waals surface area contributed by atoms with E-state index in [1.165, 1.54) is 11.3 Å². The minimum Gasteiger partial charge on any atom is -0.327 e. The maximum absolute atomic E-state index is 11.5. The number of carbonyl (C=O) groups excluding carboxylic acids is 2. The van der Waals surface area contributed by atoms with E-state index in [4.69, 9.17) is 5.73 Å². The number of piperazine rings is 1. The molecule has 0 saturated carbocycles. The number of amides is 2. The second-order valence-corrected chi connectivity index (χ2v) is 4.90. The highest BCUT2D eigenvalue weighted by Crippen LogP contribution is 2.25. The molecule has 7 heteroatoms. The van der Waals surface area contributed by atoms with Crippen molar-refractivity contribution in [3.8, 4) is 0 Å². The van der Waals surface area contributed by atoms with Crippen LogP contribution < -0.4 is 16.0 Å². The number of carbonyl (C=O) groups is 2. The number of thiazole rings is 1. The summed E-state index contributed by atoms with van der Waals surface area (Å²) in [6.07, 6.45) is 0. The molecule has 3 N–H and O–H groups in total. The average Bonchev–Trinajstić information content (AvgIpc) is 2.72. The molecule has 0 bridgehead atoms.